The molecule has 31 heavy (non-hydrogen) atoms. The third-order valence-electron chi connectivity index (χ3n) is 6.01. The van der Waals surface area contributed by atoms with E-state index >= 15 is 0 Å². The van der Waals surface area contributed by atoms with E-state index in [-0.39, 0.29) is 17.9 Å². The van der Waals surface area contributed by atoms with Crippen LogP contribution in [0.4, 0.5) is 5.69 Å². The lowest BCUT2D eigenvalue weighted by Crippen LogP contribution is -2.43. The number of carbonyl (C=O) groups is 2. The van der Waals surface area contributed by atoms with Gasteiger partial charge in [0.25, 0.3) is 11.8 Å². The first kappa shape index (κ1) is 21.4. The maximum Gasteiger partial charge on any atom is 0.282 e. The van der Waals surface area contributed by atoms with Gasteiger partial charge in [-0.05, 0) is 44.4 Å². The monoisotopic (exact) mass is 441 g/mol. The molecule has 2 aromatic rings. The number of carbonyl (C=O) groups excluding carboxylic acids is 2. The van der Waals surface area contributed by atoms with Crippen LogP contribution >= 0.6 is 11.3 Å². The van der Waals surface area contributed by atoms with E-state index in [1.54, 1.807) is 32.4 Å². The number of likely N-dealkylation sites (N-methyl/N-ethyl adjacent to an activating group) is 1. The highest BCUT2D eigenvalue weighted by Crippen LogP contribution is 2.39. The van der Waals surface area contributed by atoms with Crippen LogP contribution in [0.15, 0.2) is 41.4 Å². The second kappa shape index (κ2) is 8.72. The largest absolute Gasteiger partial charge is 0.497 e. The molecule has 0 aliphatic carbocycles. The number of amides is 2. The molecule has 1 fully saturated rings. The third kappa shape index (κ3) is 3.93. The van der Waals surface area contributed by atoms with Crippen molar-refractivity contribution in [1.29, 1.82) is 0 Å². The predicted molar refractivity (Wildman–Crippen MR) is 122 cm³/mol. The van der Waals surface area contributed by atoms with Crippen molar-refractivity contribution in [1.82, 2.24) is 9.80 Å². The molecule has 0 atom stereocenters. The van der Waals surface area contributed by atoms with Crippen molar-refractivity contribution in [3.05, 3.63) is 46.3 Å². The molecule has 164 valence electrons. The summed E-state index contributed by atoms with van der Waals surface area (Å²) in [5.74, 6) is 0.400. The van der Waals surface area contributed by atoms with Gasteiger partial charge in [0, 0.05) is 36.2 Å². The smallest absolute Gasteiger partial charge is 0.282 e. The number of ether oxygens (including phenoxy) is 2. The van der Waals surface area contributed by atoms with Gasteiger partial charge in [0.05, 0.1) is 25.5 Å². The van der Waals surface area contributed by atoms with Crippen LogP contribution in [0.5, 0.6) is 11.5 Å². The van der Waals surface area contributed by atoms with E-state index in [0.717, 1.165) is 30.8 Å². The summed E-state index contributed by atoms with van der Waals surface area (Å²) in [5, 5.41) is 1.92. The first-order chi connectivity index (χ1) is 14.9. The number of methoxy groups -OCH3 is 2. The minimum Gasteiger partial charge on any atom is -0.497 e. The van der Waals surface area contributed by atoms with Gasteiger partial charge in [0.15, 0.2) is 0 Å². The van der Waals surface area contributed by atoms with Crippen molar-refractivity contribution in [2.75, 3.05) is 46.3 Å². The van der Waals surface area contributed by atoms with Gasteiger partial charge in [-0.2, -0.15) is 0 Å². The molecule has 0 bridgehead atoms. The minimum absolute atomic E-state index is 0.206. The molecule has 3 heterocycles. The molecule has 2 amide bonds. The average Bonchev–Trinajstić information content (AvgIpc) is 3.39. The van der Waals surface area contributed by atoms with Crippen molar-refractivity contribution in [3.63, 3.8) is 0 Å². The maximum atomic E-state index is 13.7. The Kier molecular flexibility index (Phi) is 6.02. The molecule has 0 N–H and O–H groups in total. The van der Waals surface area contributed by atoms with Crippen LogP contribution in [0.3, 0.4) is 0 Å². The van der Waals surface area contributed by atoms with E-state index in [1.165, 1.54) is 16.2 Å². The number of imide groups is 1. The number of anilines is 1. The minimum atomic E-state index is -0.322. The molecule has 1 aromatic carbocycles. The fourth-order valence-corrected chi connectivity index (χ4v) is 4.97. The summed E-state index contributed by atoms with van der Waals surface area (Å²) in [6.45, 7) is 1.94. The summed E-state index contributed by atoms with van der Waals surface area (Å²) in [4.78, 5) is 33.6. The SMILES string of the molecule is COc1cc(OC)cc(N2C(=O)C(c3cccs3)=C(N(C)C3CCN(C)CC3)C2=O)c1. The van der Waals surface area contributed by atoms with E-state index in [2.05, 4.69) is 11.9 Å². The summed E-state index contributed by atoms with van der Waals surface area (Å²) < 4.78 is 10.7. The molecule has 0 radical (unpaired) electrons. The van der Waals surface area contributed by atoms with Crippen LogP contribution in [-0.2, 0) is 9.59 Å². The number of benzene rings is 1. The Hall–Kier alpha value is -2.84. The quantitative estimate of drug-likeness (QED) is 0.642. The summed E-state index contributed by atoms with van der Waals surface area (Å²) in [7, 11) is 7.12. The molecule has 4 rings (SSSR count). The lowest BCUT2D eigenvalue weighted by atomic mass is 10.0. The lowest BCUT2D eigenvalue weighted by Gasteiger charge is -2.36. The first-order valence-corrected chi connectivity index (χ1v) is 11.1. The molecule has 8 heteroatoms. The van der Waals surface area contributed by atoms with Crippen molar-refractivity contribution < 1.29 is 19.1 Å². The van der Waals surface area contributed by atoms with E-state index < -0.39 is 0 Å². The standard InChI is InChI=1S/C23H27N3O4S/c1-24-9-7-15(8-10-24)25(2)21-20(19-6-5-11-31-19)22(27)26(23(21)28)16-12-17(29-3)14-18(13-16)30-4/h5-6,11-15H,7-10H2,1-4H3. The molecule has 0 unspecified atom stereocenters. The highest BCUT2D eigenvalue weighted by Gasteiger charge is 2.44. The van der Waals surface area contributed by atoms with Gasteiger partial charge >= 0.3 is 0 Å². The topological polar surface area (TPSA) is 62.3 Å². The molecule has 1 aromatic heterocycles. The lowest BCUT2D eigenvalue weighted by molar-refractivity contribution is -0.120. The highest BCUT2D eigenvalue weighted by molar-refractivity contribution is 7.11. The third-order valence-corrected chi connectivity index (χ3v) is 6.90. The van der Waals surface area contributed by atoms with E-state index in [0.29, 0.717) is 28.5 Å². The first-order valence-electron chi connectivity index (χ1n) is 10.3. The molecule has 7 nitrogen and oxygen atoms in total. The zero-order valence-corrected chi connectivity index (χ0v) is 19.1. The Bertz CT molecular complexity index is 988. The number of hydrogen-bond acceptors (Lipinski definition) is 7. The van der Waals surface area contributed by atoms with Crippen LogP contribution in [0.1, 0.15) is 17.7 Å². The Balaban J connectivity index is 1.77. The van der Waals surface area contributed by atoms with E-state index in [9.17, 15) is 9.59 Å². The molecule has 2 aliphatic heterocycles. The normalized spacial score (nSPS) is 18.1. The molecule has 0 saturated carbocycles. The molecule has 2 aliphatic rings. The van der Waals surface area contributed by atoms with Crippen LogP contribution in [-0.4, -0.2) is 69.1 Å². The maximum absolute atomic E-state index is 13.7. The number of rotatable bonds is 6. The Morgan fingerprint density at radius 1 is 1.03 bits per heavy atom. The zero-order valence-electron chi connectivity index (χ0n) is 18.3. The number of thiophene rings is 1. The molecular formula is C23H27N3O4S. The van der Waals surface area contributed by atoms with Crippen LogP contribution < -0.4 is 14.4 Å². The number of nitrogens with zero attached hydrogens (tertiary/aromatic N) is 3. The molecule has 1 saturated heterocycles. The fourth-order valence-electron chi connectivity index (χ4n) is 4.21. The number of hydrogen-bond donors (Lipinski definition) is 0. The van der Waals surface area contributed by atoms with Crippen LogP contribution in [0, 0.1) is 0 Å². The van der Waals surface area contributed by atoms with Crippen LogP contribution in [0.25, 0.3) is 5.57 Å². The highest BCUT2D eigenvalue weighted by atomic mass is 32.1. The second-order valence-electron chi connectivity index (χ2n) is 7.86. The van der Waals surface area contributed by atoms with Gasteiger partial charge in [-0.1, -0.05) is 6.07 Å². The van der Waals surface area contributed by atoms with Gasteiger partial charge in [-0.3, -0.25) is 9.59 Å². The van der Waals surface area contributed by atoms with Crippen molar-refractivity contribution >= 4 is 34.4 Å². The van der Waals surface area contributed by atoms with Gasteiger partial charge in [0.2, 0.25) is 0 Å². The Labute approximate surface area is 186 Å². The zero-order chi connectivity index (χ0) is 22.1. The van der Waals surface area contributed by atoms with Crippen molar-refractivity contribution in [3.8, 4) is 11.5 Å². The van der Waals surface area contributed by atoms with Crippen molar-refractivity contribution in [2.45, 2.75) is 18.9 Å². The predicted octanol–water partition coefficient (Wildman–Crippen LogP) is 3.08. The fraction of sp³-hybridized carbons (Fsp3) is 0.391. The Morgan fingerprint density at radius 2 is 1.68 bits per heavy atom. The van der Waals surface area contributed by atoms with Gasteiger partial charge < -0.3 is 19.3 Å². The summed E-state index contributed by atoms with van der Waals surface area (Å²) in [5.41, 5.74) is 1.36. The van der Waals surface area contributed by atoms with Gasteiger partial charge in [-0.15, -0.1) is 11.3 Å². The Morgan fingerprint density at radius 3 is 2.23 bits per heavy atom. The summed E-state index contributed by atoms with van der Waals surface area (Å²) in [6, 6.07) is 9.08. The van der Waals surface area contributed by atoms with Crippen LogP contribution in [0.2, 0.25) is 0 Å². The number of likely N-dealkylation sites (tertiary alicyclic amines) is 1. The summed E-state index contributed by atoms with van der Waals surface area (Å²) in [6.07, 6.45) is 1.89. The summed E-state index contributed by atoms with van der Waals surface area (Å²) >= 11 is 1.46. The van der Waals surface area contributed by atoms with E-state index in [1.807, 2.05) is 29.5 Å². The van der Waals surface area contributed by atoms with Gasteiger partial charge in [0.1, 0.15) is 17.2 Å². The number of piperidine rings is 1. The molecule has 0 spiro atoms. The molecular weight excluding hydrogens is 414 g/mol. The average molecular weight is 442 g/mol. The second-order valence-corrected chi connectivity index (χ2v) is 8.81. The van der Waals surface area contributed by atoms with E-state index in [4.69, 9.17) is 9.47 Å². The van der Waals surface area contributed by atoms with Crippen molar-refractivity contribution in [2.24, 2.45) is 0 Å². The van der Waals surface area contributed by atoms with Gasteiger partial charge in [-0.25, -0.2) is 4.90 Å².